The van der Waals surface area contributed by atoms with Crippen molar-refractivity contribution in [2.75, 3.05) is 5.32 Å². The van der Waals surface area contributed by atoms with Crippen LogP contribution >= 0.6 is 11.6 Å². The van der Waals surface area contributed by atoms with E-state index in [0.717, 1.165) is 6.20 Å². The Kier molecular flexibility index (Phi) is 5.69. The zero-order chi connectivity index (χ0) is 20.3. The molecule has 28 heavy (non-hydrogen) atoms. The van der Waals surface area contributed by atoms with E-state index < -0.39 is 10.8 Å². The van der Waals surface area contributed by atoms with E-state index in [1.165, 1.54) is 33.9 Å². The van der Waals surface area contributed by atoms with E-state index in [1.54, 1.807) is 19.1 Å². The zero-order valence-corrected chi connectivity index (χ0v) is 15.5. The van der Waals surface area contributed by atoms with Gasteiger partial charge in [-0.15, -0.1) is 0 Å². The summed E-state index contributed by atoms with van der Waals surface area (Å²) in [4.78, 5) is 22.5. The maximum absolute atomic E-state index is 13.3. The molecule has 1 amide bonds. The first kappa shape index (κ1) is 19.5. The number of hydrogen-bond acceptors (Lipinski definition) is 5. The lowest BCUT2D eigenvalue weighted by molar-refractivity contribution is -0.385. The minimum atomic E-state index is -0.556. The molecular formula is C17H16ClFN6O3. The molecule has 9 nitrogen and oxygen atoms in total. The van der Waals surface area contributed by atoms with Gasteiger partial charge in [0.15, 0.2) is 5.82 Å². The minimum absolute atomic E-state index is 0.147. The van der Waals surface area contributed by atoms with Crippen molar-refractivity contribution in [3.63, 3.8) is 0 Å². The number of rotatable bonds is 7. The number of nitrogens with one attached hydrogen (secondary N) is 1. The highest BCUT2D eigenvalue weighted by molar-refractivity contribution is 6.33. The monoisotopic (exact) mass is 406 g/mol. The average Bonchev–Trinajstić information content (AvgIpc) is 3.22. The van der Waals surface area contributed by atoms with Crippen molar-refractivity contribution in [3.8, 4) is 0 Å². The molecule has 0 spiro atoms. The molecule has 3 rings (SSSR count). The molecule has 3 aromatic rings. The summed E-state index contributed by atoms with van der Waals surface area (Å²) in [6.07, 6.45) is 3.91. The SMILES string of the molecule is CC(Cn1cc([N+](=O)[O-])cn1)C(=O)Nc1nn(Cc2cccc(F)c2)cc1Cl. The number of nitro groups is 1. The van der Waals surface area contributed by atoms with E-state index in [0.29, 0.717) is 12.1 Å². The fourth-order valence-electron chi connectivity index (χ4n) is 2.54. The first-order chi connectivity index (χ1) is 13.3. The van der Waals surface area contributed by atoms with Crippen LogP contribution in [-0.4, -0.2) is 30.4 Å². The number of nitrogens with zero attached hydrogens (tertiary/aromatic N) is 5. The number of aromatic nitrogens is 4. The van der Waals surface area contributed by atoms with Gasteiger partial charge in [-0.05, 0) is 17.7 Å². The molecule has 146 valence electrons. The van der Waals surface area contributed by atoms with Gasteiger partial charge in [-0.2, -0.15) is 10.2 Å². The third-order valence-electron chi connectivity index (χ3n) is 3.93. The summed E-state index contributed by atoms with van der Waals surface area (Å²) in [6, 6.07) is 6.09. The molecule has 2 heterocycles. The summed E-state index contributed by atoms with van der Waals surface area (Å²) in [5.74, 6) is -1.07. The normalized spacial score (nSPS) is 12.0. The minimum Gasteiger partial charge on any atom is -0.308 e. The van der Waals surface area contributed by atoms with Gasteiger partial charge in [0.1, 0.15) is 23.2 Å². The van der Waals surface area contributed by atoms with E-state index in [2.05, 4.69) is 15.5 Å². The zero-order valence-electron chi connectivity index (χ0n) is 14.7. The first-order valence-corrected chi connectivity index (χ1v) is 8.64. The van der Waals surface area contributed by atoms with Crippen molar-refractivity contribution in [1.82, 2.24) is 19.6 Å². The molecule has 0 aliphatic heterocycles. The summed E-state index contributed by atoms with van der Waals surface area (Å²) < 4.78 is 16.1. The molecule has 0 aliphatic carbocycles. The van der Waals surface area contributed by atoms with Gasteiger partial charge in [-0.25, -0.2) is 4.39 Å². The number of benzene rings is 1. The van der Waals surface area contributed by atoms with Gasteiger partial charge in [0, 0.05) is 6.20 Å². The highest BCUT2D eigenvalue weighted by Crippen LogP contribution is 2.21. The number of carbonyl (C=O) groups is 1. The molecule has 0 saturated carbocycles. The van der Waals surface area contributed by atoms with Gasteiger partial charge in [-0.1, -0.05) is 30.7 Å². The Morgan fingerprint density at radius 2 is 2.18 bits per heavy atom. The average molecular weight is 407 g/mol. The molecule has 0 radical (unpaired) electrons. The van der Waals surface area contributed by atoms with Crippen LogP contribution in [0.15, 0.2) is 42.9 Å². The highest BCUT2D eigenvalue weighted by Gasteiger charge is 2.19. The summed E-state index contributed by atoms with van der Waals surface area (Å²) in [7, 11) is 0. The second-order valence-corrected chi connectivity index (χ2v) is 6.63. The Morgan fingerprint density at radius 1 is 1.39 bits per heavy atom. The third kappa shape index (κ3) is 4.71. The van der Waals surface area contributed by atoms with Gasteiger partial charge < -0.3 is 5.32 Å². The maximum Gasteiger partial charge on any atom is 0.306 e. The smallest absolute Gasteiger partial charge is 0.306 e. The van der Waals surface area contributed by atoms with Crippen molar-refractivity contribution < 1.29 is 14.1 Å². The van der Waals surface area contributed by atoms with Crippen molar-refractivity contribution in [2.24, 2.45) is 5.92 Å². The number of hydrogen-bond donors (Lipinski definition) is 1. The molecule has 1 aromatic carbocycles. The van der Waals surface area contributed by atoms with Gasteiger partial charge in [0.05, 0.1) is 23.9 Å². The van der Waals surface area contributed by atoms with Crippen LogP contribution < -0.4 is 5.32 Å². The maximum atomic E-state index is 13.3. The van der Waals surface area contributed by atoms with Crippen molar-refractivity contribution in [3.05, 3.63) is 69.4 Å². The second kappa shape index (κ2) is 8.17. The number of anilines is 1. The van der Waals surface area contributed by atoms with Crippen molar-refractivity contribution in [1.29, 1.82) is 0 Å². The summed E-state index contributed by atoms with van der Waals surface area (Å²) >= 11 is 6.12. The van der Waals surface area contributed by atoms with Crippen LogP contribution in [-0.2, 0) is 17.9 Å². The van der Waals surface area contributed by atoms with Crippen LogP contribution in [0.2, 0.25) is 5.02 Å². The molecular weight excluding hydrogens is 391 g/mol. The number of halogens is 2. The van der Waals surface area contributed by atoms with Crippen LogP contribution in [0.5, 0.6) is 0 Å². The van der Waals surface area contributed by atoms with Crippen LogP contribution in [0.25, 0.3) is 0 Å². The molecule has 0 saturated heterocycles. The van der Waals surface area contributed by atoms with Gasteiger partial charge in [0.25, 0.3) is 0 Å². The Labute approximate surface area is 163 Å². The van der Waals surface area contributed by atoms with E-state index in [-0.39, 0.29) is 34.8 Å². The molecule has 1 N–H and O–H groups in total. The molecule has 1 atom stereocenters. The Morgan fingerprint density at radius 3 is 2.86 bits per heavy atom. The number of amides is 1. The third-order valence-corrected chi connectivity index (χ3v) is 4.21. The first-order valence-electron chi connectivity index (χ1n) is 8.27. The Bertz CT molecular complexity index is 1020. The van der Waals surface area contributed by atoms with Crippen LogP contribution in [0.4, 0.5) is 15.9 Å². The van der Waals surface area contributed by atoms with Crippen LogP contribution in [0.3, 0.4) is 0 Å². The summed E-state index contributed by atoms with van der Waals surface area (Å²) in [6.45, 7) is 2.10. The van der Waals surface area contributed by atoms with E-state index >= 15 is 0 Å². The van der Waals surface area contributed by atoms with Crippen molar-refractivity contribution in [2.45, 2.75) is 20.0 Å². The van der Waals surface area contributed by atoms with E-state index in [4.69, 9.17) is 11.6 Å². The van der Waals surface area contributed by atoms with Gasteiger partial charge in [-0.3, -0.25) is 24.3 Å². The van der Waals surface area contributed by atoms with E-state index in [1.807, 2.05) is 0 Å². The van der Waals surface area contributed by atoms with Gasteiger partial charge >= 0.3 is 5.69 Å². The lowest BCUT2D eigenvalue weighted by atomic mass is 10.1. The van der Waals surface area contributed by atoms with Crippen LogP contribution in [0.1, 0.15) is 12.5 Å². The fraction of sp³-hybridized carbons (Fsp3) is 0.235. The summed E-state index contributed by atoms with van der Waals surface area (Å²) in [5, 5.41) is 21.6. The fourth-order valence-corrected chi connectivity index (χ4v) is 2.73. The Hall–Kier alpha value is -3.27. The van der Waals surface area contributed by atoms with Gasteiger partial charge in [0.2, 0.25) is 5.91 Å². The Balaban J connectivity index is 1.63. The highest BCUT2D eigenvalue weighted by atomic mass is 35.5. The lowest BCUT2D eigenvalue weighted by Crippen LogP contribution is -2.25. The van der Waals surface area contributed by atoms with Crippen molar-refractivity contribution >= 4 is 29.0 Å². The lowest BCUT2D eigenvalue weighted by Gasteiger charge is -2.10. The van der Waals surface area contributed by atoms with Crippen LogP contribution in [0, 0.1) is 21.8 Å². The quantitative estimate of drug-likeness (QED) is 0.479. The molecule has 0 bridgehead atoms. The number of carbonyl (C=O) groups excluding carboxylic acids is 1. The molecule has 11 heteroatoms. The topological polar surface area (TPSA) is 108 Å². The molecule has 0 aliphatic rings. The molecule has 0 fully saturated rings. The molecule has 2 aromatic heterocycles. The van der Waals surface area contributed by atoms with E-state index in [9.17, 15) is 19.3 Å². The predicted octanol–water partition coefficient (Wildman–Crippen LogP) is 3.10. The largest absolute Gasteiger partial charge is 0.308 e. The standard InChI is InChI=1S/C17H16ClFN6O3/c1-11(7-23-9-14(6-20-23)25(27)28)17(26)21-16-15(18)10-24(22-16)8-12-3-2-4-13(19)5-12/h2-6,9-11H,7-8H2,1H3,(H,21,22,26). The summed E-state index contributed by atoms with van der Waals surface area (Å²) in [5.41, 5.74) is 0.553. The molecule has 1 unspecified atom stereocenters. The second-order valence-electron chi connectivity index (χ2n) is 6.22. The predicted molar refractivity (Wildman–Crippen MR) is 99.4 cm³/mol.